The quantitative estimate of drug-likeness (QED) is 0.789. The van der Waals surface area contributed by atoms with Crippen molar-refractivity contribution in [1.29, 1.82) is 0 Å². The molecule has 0 fully saturated rings. The van der Waals surface area contributed by atoms with E-state index >= 15 is 0 Å². The molecule has 2 aromatic heterocycles. The molecule has 18 heavy (non-hydrogen) atoms. The lowest BCUT2D eigenvalue weighted by Crippen LogP contribution is -2.29. The SMILES string of the molecule is CN(Cc1cc(Br)cs1)C(CN)c1cc(Br)cs1. The fraction of sp³-hybridized carbons (Fsp3) is 0.333. The lowest BCUT2D eigenvalue weighted by molar-refractivity contribution is 0.247. The summed E-state index contributed by atoms with van der Waals surface area (Å²) in [6.07, 6.45) is 0. The number of likely N-dealkylation sites (N-methyl/N-ethyl adjacent to an activating group) is 1. The second-order valence-electron chi connectivity index (χ2n) is 4.07. The molecule has 2 N–H and O–H groups in total. The van der Waals surface area contributed by atoms with Crippen LogP contribution in [0.2, 0.25) is 0 Å². The number of thiophene rings is 2. The molecule has 2 heterocycles. The zero-order valence-electron chi connectivity index (χ0n) is 9.90. The Morgan fingerprint density at radius 3 is 2.39 bits per heavy atom. The highest BCUT2D eigenvalue weighted by Gasteiger charge is 2.18. The van der Waals surface area contributed by atoms with Gasteiger partial charge in [-0.25, -0.2) is 0 Å². The van der Waals surface area contributed by atoms with Gasteiger partial charge >= 0.3 is 0 Å². The van der Waals surface area contributed by atoms with Crippen molar-refractivity contribution in [1.82, 2.24) is 4.90 Å². The van der Waals surface area contributed by atoms with E-state index in [0.29, 0.717) is 6.54 Å². The summed E-state index contributed by atoms with van der Waals surface area (Å²) in [7, 11) is 2.12. The number of hydrogen-bond donors (Lipinski definition) is 1. The van der Waals surface area contributed by atoms with E-state index in [4.69, 9.17) is 5.73 Å². The largest absolute Gasteiger partial charge is 0.329 e. The zero-order valence-corrected chi connectivity index (χ0v) is 14.7. The molecule has 0 amide bonds. The van der Waals surface area contributed by atoms with Gasteiger partial charge in [-0.2, -0.15) is 0 Å². The molecule has 0 aliphatic heterocycles. The van der Waals surface area contributed by atoms with Crippen molar-refractivity contribution in [3.8, 4) is 0 Å². The Hall–Kier alpha value is 0.280. The van der Waals surface area contributed by atoms with Crippen LogP contribution in [0.1, 0.15) is 15.8 Å². The predicted molar refractivity (Wildman–Crippen MR) is 87.3 cm³/mol. The van der Waals surface area contributed by atoms with E-state index in [-0.39, 0.29) is 6.04 Å². The van der Waals surface area contributed by atoms with E-state index in [1.807, 2.05) is 0 Å². The Bertz CT molecular complexity index is 510. The summed E-state index contributed by atoms with van der Waals surface area (Å²) >= 11 is 10.5. The second-order valence-corrected chi connectivity index (χ2v) is 7.84. The van der Waals surface area contributed by atoms with Crippen LogP contribution in [0.3, 0.4) is 0 Å². The van der Waals surface area contributed by atoms with Crippen LogP contribution in [-0.4, -0.2) is 18.5 Å². The summed E-state index contributed by atoms with van der Waals surface area (Å²) in [5.74, 6) is 0. The Balaban J connectivity index is 2.08. The fourth-order valence-corrected chi connectivity index (χ4v) is 4.95. The summed E-state index contributed by atoms with van der Waals surface area (Å²) in [6.45, 7) is 1.56. The van der Waals surface area contributed by atoms with Crippen molar-refractivity contribution < 1.29 is 0 Å². The molecule has 2 rings (SSSR count). The molecule has 0 radical (unpaired) electrons. The number of nitrogens with zero attached hydrogens (tertiary/aromatic N) is 1. The molecule has 0 aromatic carbocycles. The minimum atomic E-state index is 0.280. The van der Waals surface area contributed by atoms with Crippen LogP contribution in [0.25, 0.3) is 0 Å². The van der Waals surface area contributed by atoms with Gasteiger partial charge in [0.15, 0.2) is 0 Å². The van der Waals surface area contributed by atoms with Crippen molar-refractivity contribution in [2.24, 2.45) is 5.73 Å². The van der Waals surface area contributed by atoms with Crippen LogP contribution in [0, 0.1) is 0 Å². The van der Waals surface area contributed by atoms with Crippen molar-refractivity contribution in [2.45, 2.75) is 12.6 Å². The first-order valence-electron chi connectivity index (χ1n) is 5.47. The van der Waals surface area contributed by atoms with Gasteiger partial charge in [0.1, 0.15) is 0 Å². The monoisotopic (exact) mass is 408 g/mol. The number of nitrogens with two attached hydrogens (primary N) is 1. The van der Waals surface area contributed by atoms with Crippen molar-refractivity contribution in [3.05, 3.63) is 41.6 Å². The number of hydrogen-bond acceptors (Lipinski definition) is 4. The van der Waals surface area contributed by atoms with E-state index in [9.17, 15) is 0 Å². The molecule has 2 nitrogen and oxygen atoms in total. The highest BCUT2D eigenvalue weighted by atomic mass is 79.9. The first-order valence-corrected chi connectivity index (χ1v) is 8.82. The maximum absolute atomic E-state index is 5.92. The molecule has 0 aliphatic carbocycles. The third-order valence-electron chi connectivity index (χ3n) is 2.70. The number of rotatable bonds is 5. The maximum Gasteiger partial charge on any atom is 0.0565 e. The molecule has 1 unspecified atom stereocenters. The van der Waals surface area contributed by atoms with E-state index in [1.54, 1.807) is 22.7 Å². The molecule has 1 atom stereocenters. The molecule has 0 aliphatic rings. The average Bonchev–Trinajstić information content (AvgIpc) is 2.89. The van der Waals surface area contributed by atoms with Crippen LogP contribution >= 0.6 is 54.5 Å². The van der Waals surface area contributed by atoms with E-state index in [2.05, 4.69) is 66.7 Å². The smallest absolute Gasteiger partial charge is 0.0565 e. The summed E-state index contributed by atoms with van der Waals surface area (Å²) in [5.41, 5.74) is 5.92. The number of halogens is 2. The van der Waals surface area contributed by atoms with Gasteiger partial charge in [-0.3, -0.25) is 4.90 Å². The highest BCUT2D eigenvalue weighted by Crippen LogP contribution is 2.30. The highest BCUT2D eigenvalue weighted by molar-refractivity contribution is 9.10. The van der Waals surface area contributed by atoms with Crippen molar-refractivity contribution in [2.75, 3.05) is 13.6 Å². The van der Waals surface area contributed by atoms with E-state index < -0.39 is 0 Å². The van der Waals surface area contributed by atoms with Gasteiger partial charge in [-0.15, -0.1) is 22.7 Å². The van der Waals surface area contributed by atoms with Crippen LogP contribution in [0.15, 0.2) is 31.8 Å². The average molecular weight is 410 g/mol. The molecule has 0 saturated carbocycles. The summed E-state index contributed by atoms with van der Waals surface area (Å²) < 4.78 is 2.28. The molecule has 98 valence electrons. The Morgan fingerprint density at radius 1 is 1.22 bits per heavy atom. The Labute approximate surface area is 132 Å². The third kappa shape index (κ3) is 3.65. The second kappa shape index (κ2) is 6.63. The summed E-state index contributed by atoms with van der Waals surface area (Å²) in [6, 6.07) is 4.60. The van der Waals surface area contributed by atoms with Gasteiger partial charge < -0.3 is 5.73 Å². The predicted octanol–water partition coefficient (Wildman–Crippen LogP) is 4.47. The lowest BCUT2D eigenvalue weighted by atomic mass is 10.2. The summed E-state index contributed by atoms with van der Waals surface area (Å²) in [5, 5.41) is 4.22. The van der Waals surface area contributed by atoms with Crippen LogP contribution < -0.4 is 5.73 Å². The minimum Gasteiger partial charge on any atom is -0.329 e. The van der Waals surface area contributed by atoms with Gasteiger partial charge in [0.05, 0.1) is 6.04 Å². The first kappa shape index (κ1) is 14.7. The topological polar surface area (TPSA) is 29.3 Å². The molecule has 6 heteroatoms. The fourth-order valence-electron chi connectivity index (χ4n) is 1.81. The standard InChI is InChI=1S/C12H14Br2N2S2/c1-16(5-10-2-8(13)6-17-10)11(4-15)12-3-9(14)7-18-12/h2-3,6-7,11H,4-5,15H2,1H3. The van der Waals surface area contributed by atoms with E-state index in [1.165, 1.54) is 9.75 Å². The molecular formula is C12H14Br2N2S2. The maximum atomic E-state index is 5.92. The molecular weight excluding hydrogens is 396 g/mol. The first-order chi connectivity index (χ1) is 8.60. The van der Waals surface area contributed by atoms with Crippen LogP contribution in [-0.2, 0) is 6.54 Å². The molecule has 0 bridgehead atoms. The Morgan fingerprint density at radius 2 is 1.89 bits per heavy atom. The van der Waals surface area contributed by atoms with E-state index in [0.717, 1.165) is 15.5 Å². The van der Waals surface area contributed by atoms with Crippen molar-refractivity contribution >= 4 is 54.5 Å². The van der Waals surface area contributed by atoms with Crippen LogP contribution in [0.4, 0.5) is 0 Å². The third-order valence-corrected chi connectivity index (χ3v) is 6.18. The van der Waals surface area contributed by atoms with Gasteiger partial charge in [-0.1, -0.05) is 0 Å². The normalized spacial score (nSPS) is 13.2. The molecule has 0 spiro atoms. The molecule has 0 saturated heterocycles. The van der Waals surface area contributed by atoms with Gasteiger partial charge in [0.25, 0.3) is 0 Å². The Kier molecular flexibility index (Phi) is 5.41. The van der Waals surface area contributed by atoms with Gasteiger partial charge in [0, 0.05) is 42.5 Å². The minimum absolute atomic E-state index is 0.280. The lowest BCUT2D eigenvalue weighted by Gasteiger charge is -2.25. The summed E-state index contributed by atoms with van der Waals surface area (Å²) in [4.78, 5) is 4.96. The van der Waals surface area contributed by atoms with Gasteiger partial charge in [-0.05, 0) is 51.0 Å². The van der Waals surface area contributed by atoms with Crippen molar-refractivity contribution in [3.63, 3.8) is 0 Å². The zero-order chi connectivity index (χ0) is 13.1. The molecule has 2 aromatic rings. The van der Waals surface area contributed by atoms with Gasteiger partial charge in [0.2, 0.25) is 0 Å². The van der Waals surface area contributed by atoms with Crippen LogP contribution in [0.5, 0.6) is 0 Å².